The molecule has 1 aromatic rings. The van der Waals surface area contributed by atoms with Crippen LogP contribution in [0.5, 0.6) is 0 Å². The fraction of sp³-hybridized carbons (Fsp3) is 0.273. The second kappa shape index (κ2) is 6.45. The SMILES string of the molecule is CC(C(=O)O)N(C)C(=O)Nc1c(Cl)cc(Br)cc1Cl. The first kappa shape index (κ1) is 16.1. The number of hydrogen-bond acceptors (Lipinski definition) is 2. The summed E-state index contributed by atoms with van der Waals surface area (Å²) in [6, 6.07) is 1.57. The largest absolute Gasteiger partial charge is 0.480 e. The van der Waals surface area contributed by atoms with Crippen LogP contribution in [0.3, 0.4) is 0 Å². The number of rotatable bonds is 3. The number of amides is 2. The van der Waals surface area contributed by atoms with E-state index in [4.69, 9.17) is 28.3 Å². The number of carbonyl (C=O) groups is 2. The molecule has 0 aliphatic carbocycles. The van der Waals surface area contributed by atoms with Gasteiger partial charge >= 0.3 is 12.0 Å². The van der Waals surface area contributed by atoms with E-state index >= 15 is 0 Å². The normalized spacial score (nSPS) is 11.8. The maximum atomic E-state index is 11.9. The number of aliphatic carboxylic acids is 1. The van der Waals surface area contributed by atoms with E-state index < -0.39 is 18.0 Å². The Morgan fingerprint density at radius 2 is 1.84 bits per heavy atom. The summed E-state index contributed by atoms with van der Waals surface area (Å²) < 4.78 is 0.674. The van der Waals surface area contributed by atoms with Crippen LogP contribution >= 0.6 is 39.1 Å². The van der Waals surface area contributed by atoms with Crippen molar-refractivity contribution in [1.29, 1.82) is 0 Å². The van der Waals surface area contributed by atoms with Crippen LogP contribution < -0.4 is 5.32 Å². The van der Waals surface area contributed by atoms with Gasteiger partial charge < -0.3 is 15.3 Å². The van der Waals surface area contributed by atoms with Crippen molar-refractivity contribution in [2.24, 2.45) is 0 Å². The molecule has 0 radical (unpaired) electrons. The van der Waals surface area contributed by atoms with Gasteiger partial charge in [0.25, 0.3) is 0 Å². The quantitative estimate of drug-likeness (QED) is 0.853. The predicted molar refractivity (Wildman–Crippen MR) is 78.0 cm³/mol. The van der Waals surface area contributed by atoms with Crippen LogP contribution in [0.1, 0.15) is 6.92 Å². The first-order chi connectivity index (χ1) is 8.73. The van der Waals surface area contributed by atoms with Gasteiger partial charge in [0.2, 0.25) is 0 Å². The summed E-state index contributed by atoms with van der Waals surface area (Å²) >= 11 is 15.1. The number of hydrogen-bond donors (Lipinski definition) is 2. The molecular weight excluding hydrogens is 359 g/mol. The van der Waals surface area contributed by atoms with Gasteiger partial charge in [0, 0.05) is 11.5 Å². The van der Waals surface area contributed by atoms with Gasteiger partial charge in [-0.25, -0.2) is 9.59 Å². The minimum absolute atomic E-state index is 0.237. The number of urea groups is 1. The molecule has 0 saturated heterocycles. The van der Waals surface area contributed by atoms with E-state index in [9.17, 15) is 9.59 Å². The molecule has 2 amide bonds. The Bertz CT molecular complexity index is 502. The monoisotopic (exact) mass is 368 g/mol. The van der Waals surface area contributed by atoms with Gasteiger partial charge in [-0.15, -0.1) is 0 Å². The third-order valence-electron chi connectivity index (χ3n) is 2.50. The van der Waals surface area contributed by atoms with Crippen molar-refractivity contribution in [1.82, 2.24) is 4.90 Å². The lowest BCUT2D eigenvalue weighted by atomic mass is 10.3. The molecular formula is C11H11BrCl2N2O3. The number of anilines is 1. The predicted octanol–water partition coefficient (Wildman–Crippen LogP) is 3.69. The Morgan fingerprint density at radius 3 is 2.26 bits per heavy atom. The van der Waals surface area contributed by atoms with Crippen molar-refractivity contribution in [2.75, 3.05) is 12.4 Å². The molecule has 1 unspecified atom stereocenters. The summed E-state index contributed by atoms with van der Waals surface area (Å²) in [5.41, 5.74) is 0.237. The molecule has 0 saturated carbocycles. The van der Waals surface area contributed by atoms with Crippen molar-refractivity contribution in [3.63, 3.8) is 0 Å². The van der Waals surface area contributed by atoms with Crippen LogP contribution in [-0.4, -0.2) is 35.1 Å². The molecule has 5 nitrogen and oxygen atoms in total. The van der Waals surface area contributed by atoms with Crippen LogP contribution in [0.25, 0.3) is 0 Å². The lowest BCUT2D eigenvalue weighted by Crippen LogP contribution is -2.42. The molecule has 0 heterocycles. The summed E-state index contributed by atoms with van der Waals surface area (Å²) in [6.07, 6.45) is 0. The minimum Gasteiger partial charge on any atom is -0.480 e. The summed E-state index contributed by atoms with van der Waals surface area (Å²) in [6.45, 7) is 1.40. The van der Waals surface area contributed by atoms with E-state index in [-0.39, 0.29) is 15.7 Å². The molecule has 1 rings (SSSR count). The van der Waals surface area contributed by atoms with Crippen LogP contribution in [-0.2, 0) is 4.79 Å². The van der Waals surface area contributed by atoms with Crippen LogP contribution in [0.2, 0.25) is 10.0 Å². The molecule has 0 aliphatic heterocycles. The first-order valence-electron chi connectivity index (χ1n) is 5.15. The number of benzene rings is 1. The van der Waals surface area contributed by atoms with Gasteiger partial charge in [-0.2, -0.15) is 0 Å². The number of likely N-dealkylation sites (N-methyl/N-ethyl adjacent to an activating group) is 1. The van der Waals surface area contributed by atoms with Crippen LogP contribution in [0, 0.1) is 0 Å². The lowest BCUT2D eigenvalue weighted by molar-refractivity contribution is -0.141. The first-order valence-corrected chi connectivity index (χ1v) is 6.70. The van der Waals surface area contributed by atoms with Gasteiger partial charge in [0.15, 0.2) is 0 Å². The average Bonchev–Trinajstić information content (AvgIpc) is 2.31. The Labute approximate surface area is 128 Å². The maximum Gasteiger partial charge on any atom is 0.326 e. The zero-order valence-electron chi connectivity index (χ0n) is 10.1. The molecule has 0 aromatic heterocycles. The molecule has 19 heavy (non-hydrogen) atoms. The third kappa shape index (κ3) is 3.99. The Kier molecular flexibility index (Phi) is 5.46. The molecule has 0 bridgehead atoms. The molecule has 8 heteroatoms. The summed E-state index contributed by atoms with van der Waals surface area (Å²) in [5, 5.41) is 11.8. The number of carboxylic acids is 1. The van der Waals surface area contributed by atoms with Crippen molar-refractivity contribution in [3.8, 4) is 0 Å². The number of halogens is 3. The third-order valence-corrected chi connectivity index (χ3v) is 3.55. The fourth-order valence-electron chi connectivity index (χ4n) is 1.20. The molecule has 0 spiro atoms. The van der Waals surface area contributed by atoms with Gasteiger partial charge in [0.1, 0.15) is 6.04 Å². The van der Waals surface area contributed by atoms with Crippen molar-refractivity contribution in [2.45, 2.75) is 13.0 Å². The number of carbonyl (C=O) groups excluding carboxylic acids is 1. The Morgan fingerprint density at radius 1 is 1.37 bits per heavy atom. The Hall–Kier alpha value is -0.980. The van der Waals surface area contributed by atoms with E-state index in [1.165, 1.54) is 14.0 Å². The highest BCUT2D eigenvalue weighted by Gasteiger charge is 2.22. The van der Waals surface area contributed by atoms with Crippen molar-refractivity contribution >= 4 is 56.8 Å². The molecule has 1 aromatic carbocycles. The lowest BCUT2D eigenvalue weighted by Gasteiger charge is -2.22. The zero-order valence-corrected chi connectivity index (χ0v) is 13.2. The molecule has 1 atom stereocenters. The molecule has 104 valence electrons. The highest BCUT2D eigenvalue weighted by Crippen LogP contribution is 2.33. The molecule has 2 N–H and O–H groups in total. The maximum absolute atomic E-state index is 11.9. The topological polar surface area (TPSA) is 69.6 Å². The van der Waals surface area contributed by atoms with E-state index in [2.05, 4.69) is 21.2 Å². The van der Waals surface area contributed by atoms with E-state index in [0.29, 0.717) is 4.47 Å². The molecule has 0 aliphatic rings. The number of nitrogens with one attached hydrogen (secondary N) is 1. The minimum atomic E-state index is -1.11. The standard InChI is InChI=1S/C11H11BrCl2N2O3/c1-5(10(17)18)16(2)11(19)15-9-7(13)3-6(12)4-8(9)14/h3-5H,1-2H3,(H,15,19)(H,17,18). The van der Waals surface area contributed by atoms with E-state index in [0.717, 1.165) is 4.90 Å². The van der Waals surface area contributed by atoms with Gasteiger partial charge in [-0.05, 0) is 19.1 Å². The van der Waals surface area contributed by atoms with Crippen molar-refractivity contribution < 1.29 is 14.7 Å². The fourth-order valence-corrected chi connectivity index (χ4v) is 2.50. The second-order valence-corrected chi connectivity index (χ2v) is 5.53. The number of nitrogens with zero attached hydrogens (tertiary/aromatic N) is 1. The summed E-state index contributed by atoms with van der Waals surface area (Å²) in [5.74, 6) is -1.11. The Balaban J connectivity index is 2.92. The van der Waals surface area contributed by atoms with E-state index in [1.807, 2.05) is 0 Å². The van der Waals surface area contributed by atoms with Gasteiger partial charge in [0.05, 0.1) is 15.7 Å². The summed E-state index contributed by atoms with van der Waals surface area (Å²) in [4.78, 5) is 23.7. The second-order valence-electron chi connectivity index (χ2n) is 3.80. The average molecular weight is 370 g/mol. The van der Waals surface area contributed by atoms with Crippen LogP contribution in [0.15, 0.2) is 16.6 Å². The van der Waals surface area contributed by atoms with Gasteiger partial charge in [-0.3, -0.25) is 0 Å². The van der Waals surface area contributed by atoms with Crippen molar-refractivity contribution in [3.05, 3.63) is 26.7 Å². The smallest absolute Gasteiger partial charge is 0.326 e. The highest BCUT2D eigenvalue weighted by molar-refractivity contribution is 9.10. The van der Waals surface area contributed by atoms with Gasteiger partial charge in [-0.1, -0.05) is 39.1 Å². The highest BCUT2D eigenvalue weighted by atomic mass is 79.9. The van der Waals surface area contributed by atoms with Crippen LogP contribution in [0.4, 0.5) is 10.5 Å². The number of carboxylic acid groups (broad SMARTS) is 1. The summed E-state index contributed by atoms with van der Waals surface area (Å²) in [7, 11) is 1.37. The molecule has 0 fully saturated rings. The van der Waals surface area contributed by atoms with E-state index in [1.54, 1.807) is 12.1 Å². The zero-order chi connectivity index (χ0) is 14.7.